The van der Waals surface area contributed by atoms with Crippen LogP contribution in [0.15, 0.2) is 145 Å². The zero-order valence-corrected chi connectivity index (χ0v) is 25.4. The number of para-hydroxylation sites is 1. The van der Waals surface area contributed by atoms with Crippen LogP contribution >= 0.6 is 11.3 Å². The van der Waals surface area contributed by atoms with E-state index < -0.39 is 24.2 Å². The zero-order valence-electron chi connectivity index (χ0n) is 32.5. The number of benzene rings is 7. The van der Waals surface area contributed by atoms with Gasteiger partial charge in [-0.05, 0) is 81.6 Å². The molecule has 214 valence electrons. The first-order chi connectivity index (χ1) is 25.4. The maximum absolute atomic E-state index is 8.85. The highest BCUT2D eigenvalue weighted by Gasteiger charge is 2.35. The molecule has 1 aliphatic carbocycles. The van der Waals surface area contributed by atoms with Crippen LogP contribution in [-0.4, -0.2) is 4.98 Å². The molecule has 0 unspecified atom stereocenters. The van der Waals surface area contributed by atoms with Crippen LogP contribution in [0.2, 0.25) is 0 Å². The molecule has 2 nitrogen and oxygen atoms in total. The summed E-state index contributed by atoms with van der Waals surface area (Å²) in [6.07, 6.45) is 0. The third-order valence-corrected chi connectivity index (χ3v) is 10.1. The van der Waals surface area contributed by atoms with Crippen molar-refractivity contribution in [3.63, 3.8) is 0 Å². The molecular weight excluding hydrogens is 565 g/mol. The van der Waals surface area contributed by atoms with Gasteiger partial charge >= 0.3 is 0 Å². The van der Waals surface area contributed by atoms with Crippen LogP contribution in [0.25, 0.3) is 53.5 Å². The standard InChI is InChI=1S/C42H30N2S/c1-42(2)37-19-11-10-16-33(37)34-25-24-30(26-38(34)42)44(28-12-4-3-5-13-28)29-22-20-27(21-23-29)41-43-39-35-17-8-6-14-31(35)32-15-7-9-18-36(32)40(39)45-41/h3-26H,1-2H3/i6D,7D,8D,9D,14D,15D,17D,18D. The second-order valence-electron chi connectivity index (χ2n) is 11.8. The number of rotatable bonds is 4. The minimum absolute atomic E-state index is 0.0387. The predicted octanol–water partition coefficient (Wildman–Crippen LogP) is 12.0. The average molecular weight is 603 g/mol. The summed E-state index contributed by atoms with van der Waals surface area (Å²) in [6.45, 7) is 4.54. The van der Waals surface area contributed by atoms with Crippen molar-refractivity contribution in [1.29, 1.82) is 0 Å². The van der Waals surface area contributed by atoms with Crippen molar-refractivity contribution >= 4 is 60.2 Å². The van der Waals surface area contributed by atoms with E-state index in [1.54, 1.807) is 0 Å². The number of fused-ring (bicyclic) bond motifs is 9. The number of hydrogen-bond acceptors (Lipinski definition) is 3. The Morgan fingerprint density at radius 3 is 1.98 bits per heavy atom. The van der Waals surface area contributed by atoms with Crippen molar-refractivity contribution in [3.05, 3.63) is 157 Å². The predicted molar refractivity (Wildman–Crippen MR) is 192 cm³/mol. The number of thiazole rings is 1. The molecule has 0 amide bonds. The van der Waals surface area contributed by atoms with E-state index >= 15 is 0 Å². The summed E-state index contributed by atoms with van der Waals surface area (Å²) in [5.74, 6) is 0. The molecule has 0 atom stereocenters. The summed E-state index contributed by atoms with van der Waals surface area (Å²) in [4.78, 5) is 7.14. The first kappa shape index (κ1) is 19.2. The van der Waals surface area contributed by atoms with Gasteiger partial charge in [0, 0.05) is 38.8 Å². The van der Waals surface area contributed by atoms with Gasteiger partial charge < -0.3 is 4.90 Å². The summed E-state index contributed by atoms with van der Waals surface area (Å²) in [5.41, 5.74) is 8.88. The minimum Gasteiger partial charge on any atom is -0.310 e. The third-order valence-electron chi connectivity index (χ3n) is 8.93. The van der Waals surface area contributed by atoms with Crippen molar-refractivity contribution in [3.8, 4) is 21.7 Å². The van der Waals surface area contributed by atoms with Crippen molar-refractivity contribution < 1.29 is 11.0 Å². The highest BCUT2D eigenvalue weighted by Crippen LogP contribution is 2.50. The van der Waals surface area contributed by atoms with Crippen molar-refractivity contribution in [2.45, 2.75) is 19.3 Å². The van der Waals surface area contributed by atoms with E-state index in [9.17, 15) is 0 Å². The van der Waals surface area contributed by atoms with Gasteiger partial charge in [0.2, 0.25) is 0 Å². The Balaban J connectivity index is 1.22. The van der Waals surface area contributed by atoms with Crippen LogP contribution in [0, 0.1) is 0 Å². The third kappa shape index (κ3) is 3.97. The maximum atomic E-state index is 8.85. The molecule has 1 heterocycles. The smallest absolute Gasteiger partial charge is 0.124 e. The second kappa shape index (κ2) is 9.88. The largest absolute Gasteiger partial charge is 0.310 e. The number of hydrogen-bond donors (Lipinski definition) is 0. The summed E-state index contributed by atoms with van der Waals surface area (Å²) in [5, 5.41) is 0.996. The molecule has 0 radical (unpaired) electrons. The molecule has 0 fully saturated rings. The van der Waals surface area contributed by atoms with Gasteiger partial charge in [0.05, 0.1) is 21.2 Å². The van der Waals surface area contributed by atoms with E-state index in [4.69, 9.17) is 16.0 Å². The first-order valence-corrected chi connectivity index (χ1v) is 15.6. The number of anilines is 3. The van der Waals surface area contributed by atoms with Crippen LogP contribution in [0.1, 0.15) is 35.9 Å². The lowest BCUT2D eigenvalue weighted by Gasteiger charge is -2.28. The van der Waals surface area contributed by atoms with Crippen LogP contribution in [0.5, 0.6) is 0 Å². The van der Waals surface area contributed by atoms with Crippen LogP contribution in [0.4, 0.5) is 17.1 Å². The summed E-state index contributed by atoms with van der Waals surface area (Å²) < 4.78 is 69.3. The van der Waals surface area contributed by atoms with Crippen molar-refractivity contribution in [1.82, 2.24) is 4.98 Å². The monoisotopic (exact) mass is 602 g/mol. The van der Waals surface area contributed by atoms with Crippen molar-refractivity contribution in [2.24, 2.45) is 0 Å². The van der Waals surface area contributed by atoms with Gasteiger partial charge in [-0.1, -0.05) is 111 Å². The molecule has 1 aromatic heterocycles. The molecule has 9 rings (SSSR count). The van der Waals surface area contributed by atoms with E-state index in [2.05, 4.69) is 73.3 Å². The molecule has 3 heteroatoms. The Morgan fingerprint density at radius 2 is 1.20 bits per heavy atom. The normalized spacial score (nSPS) is 15.8. The lowest BCUT2D eigenvalue weighted by Crippen LogP contribution is -2.16. The van der Waals surface area contributed by atoms with E-state index in [-0.39, 0.29) is 56.6 Å². The quantitative estimate of drug-likeness (QED) is 0.186. The fourth-order valence-electron chi connectivity index (χ4n) is 6.74. The summed E-state index contributed by atoms with van der Waals surface area (Å²) in [7, 11) is 0. The SMILES string of the molecule is [2H]c1c([2H])c([2H])c2c(c1[2H])c1nc(-c3ccc(N(c4ccccc4)c4ccc5c(c4)C(C)(C)c4ccccc4-5)cc3)sc1c1c([2H])c([2H])c([2H])c([2H])c12. The molecule has 8 aromatic rings. The molecule has 0 bridgehead atoms. The molecule has 0 saturated carbocycles. The first-order valence-electron chi connectivity index (χ1n) is 18.8. The van der Waals surface area contributed by atoms with Gasteiger partial charge in [-0.15, -0.1) is 11.3 Å². The van der Waals surface area contributed by atoms with Gasteiger partial charge in [-0.25, -0.2) is 4.98 Å². The van der Waals surface area contributed by atoms with Gasteiger partial charge in [0.15, 0.2) is 0 Å². The molecule has 45 heavy (non-hydrogen) atoms. The zero-order chi connectivity index (χ0) is 37.1. The Morgan fingerprint density at radius 1 is 0.600 bits per heavy atom. The van der Waals surface area contributed by atoms with Crippen molar-refractivity contribution in [2.75, 3.05) is 4.90 Å². The Labute approximate surface area is 278 Å². The van der Waals surface area contributed by atoms with Gasteiger partial charge in [0.1, 0.15) is 5.01 Å². The summed E-state index contributed by atoms with van der Waals surface area (Å²) in [6, 6.07) is 30.3. The molecule has 1 aliphatic rings. The van der Waals surface area contributed by atoms with E-state index in [0.29, 0.717) is 9.71 Å². The Hall–Kier alpha value is -5.25. The van der Waals surface area contributed by atoms with Crippen LogP contribution < -0.4 is 4.90 Å². The van der Waals surface area contributed by atoms with E-state index in [1.165, 1.54) is 33.6 Å². The number of aromatic nitrogens is 1. The molecule has 0 aliphatic heterocycles. The molecule has 0 spiro atoms. The Kier molecular flexibility index (Phi) is 4.22. The average Bonchev–Trinajstić information content (AvgIpc) is 3.71. The fourth-order valence-corrected chi connectivity index (χ4v) is 7.82. The molecule has 0 saturated heterocycles. The highest BCUT2D eigenvalue weighted by atomic mass is 32.1. The van der Waals surface area contributed by atoms with Gasteiger partial charge in [-0.3, -0.25) is 0 Å². The molecular formula is C42H30N2S. The highest BCUT2D eigenvalue weighted by molar-refractivity contribution is 7.22. The number of nitrogens with zero attached hydrogens (tertiary/aromatic N) is 2. The lowest BCUT2D eigenvalue weighted by molar-refractivity contribution is 0.660. The van der Waals surface area contributed by atoms with E-state index in [1.807, 2.05) is 42.5 Å². The minimum atomic E-state index is -0.471. The molecule has 7 aromatic carbocycles. The second-order valence-corrected chi connectivity index (χ2v) is 12.8. The van der Waals surface area contributed by atoms with Gasteiger partial charge in [0.25, 0.3) is 0 Å². The van der Waals surface area contributed by atoms with Crippen LogP contribution in [0.3, 0.4) is 0 Å². The molecule has 0 N–H and O–H groups in total. The lowest BCUT2D eigenvalue weighted by atomic mass is 9.82. The van der Waals surface area contributed by atoms with Gasteiger partial charge in [-0.2, -0.15) is 0 Å². The topological polar surface area (TPSA) is 16.1 Å². The fraction of sp³-hybridized carbons (Fsp3) is 0.0714. The Bertz CT molecular complexity index is 2750. The van der Waals surface area contributed by atoms with E-state index in [0.717, 1.165) is 22.6 Å². The van der Waals surface area contributed by atoms with Crippen LogP contribution in [-0.2, 0) is 5.41 Å². The maximum Gasteiger partial charge on any atom is 0.124 e. The summed E-state index contributed by atoms with van der Waals surface area (Å²) >= 11 is 1.25.